The van der Waals surface area contributed by atoms with Crippen LogP contribution in [-0.2, 0) is 0 Å². The van der Waals surface area contributed by atoms with Crippen LogP contribution >= 0.6 is 0 Å². The molecule has 5 heteroatoms. The molecule has 0 atom stereocenters. The molecule has 0 spiro atoms. The van der Waals surface area contributed by atoms with E-state index < -0.39 is 5.54 Å². The Morgan fingerprint density at radius 2 is 2.05 bits per heavy atom. The lowest BCUT2D eigenvalue weighted by molar-refractivity contribution is 0.195. The van der Waals surface area contributed by atoms with Crippen molar-refractivity contribution in [3.8, 4) is 0 Å². The van der Waals surface area contributed by atoms with E-state index in [-0.39, 0.29) is 6.03 Å². The van der Waals surface area contributed by atoms with Gasteiger partial charge in [0.1, 0.15) is 0 Å². The molecule has 1 aromatic carbocycles. The van der Waals surface area contributed by atoms with Gasteiger partial charge in [0.15, 0.2) is 0 Å². The van der Waals surface area contributed by atoms with E-state index in [0.29, 0.717) is 24.4 Å². The largest absolute Gasteiger partial charge is 0.402 e. The molecule has 5 nitrogen and oxygen atoms in total. The molecule has 22 heavy (non-hydrogen) atoms. The summed E-state index contributed by atoms with van der Waals surface area (Å²) in [6.07, 6.45) is 0.682. The maximum Gasteiger partial charge on any atom is 0.322 e. The molecule has 2 rings (SSSR count). The van der Waals surface area contributed by atoms with Crippen LogP contribution in [0.15, 0.2) is 35.5 Å². The Morgan fingerprint density at radius 3 is 2.64 bits per heavy atom. The van der Waals surface area contributed by atoms with Gasteiger partial charge in [-0.25, -0.2) is 4.79 Å². The molecule has 1 aliphatic rings. The number of allylic oxidation sites excluding steroid dienone is 1. The first-order chi connectivity index (χ1) is 10.3. The van der Waals surface area contributed by atoms with Gasteiger partial charge in [-0.1, -0.05) is 25.1 Å². The van der Waals surface area contributed by atoms with E-state index in [1.165, 1.54) is 0 Å². The summed E-state index contributed by atoms with van der Waals surface area (Å²) in [4.78, 5) is 14.3. The number of nitrogens with one attached hydrogen (secondary N) is 2. The second kappa shape index (κ2) is 5.83. The molecule has 0 saturated carbocycles. The van der Waals surface area contributed by atoms with Gasteiger partial charge in [0.05, 0.1) is 17.8 Å². The second-order valence-corrected chi connectivity index (χ2v) is 6.12. The molecule has 2 amide bonds. The fraction of sp³-hybridized carbons (Fsp3) is 0.412. The van der Waals surface area contributed by atoms with Crippen LogP contribution in [0.2, 0.25) is 0 Å². The Bertz CT molecular complexity index is 646. The Balaban J connectivity index is 2.27. The van der Waals surface area contributed by atoms with Crippen LogP contribution in [0.25, 0.3) is 0 Å². The molecule has 0 unspecified atom stereocenters. The second-order valence-electron chi connectivity index (χ2n) is 6.12. The molecular weight excluding hydrogens is 276 g/mol. The van der Waals surface area contributed by atoms with Gasteiger partial charge in [0.25, 0.3) is 0 Å². The molecule has 1 fully saturated rings. The lowest BCUT2D eigenvalue weighted by Gasteiger charge is -2.31. The van der Waals surface area contributed by atoms with Crippen LogP contribution in [0.1, 0.15) is 32.8 Å². The Labute approximate surface area is 131 Å². The molecule has 1 aromatic rings. The lowest BCUT2D eigenvalue weighted by atomic mass is 9.96. The topological polar surface area (TPSA) is 82.2 Å². The highest BCUT2D eigenvalue weighted by Gasteiger charge is 2.44. The van der Waals surface area contributed by atoms with Crippen molar-refractivity contribution in [1.82, 2.24) is 4.90 Å². The quantitative estimate of drug-likeness (QED) is 0.783. The van der Waals surface area contributed by atoms with E-state index in [1.54, 1.807) is 4.90 Å². The number of hydrogen-bond acceptors (Lipinski definition) is 3. The zero-order chi connectivity index (χ0) is 16.5. The number of carbonyl (C=O) groups excluding carboxylic acids is 1. The van der Waals surface area contributed by atoms with Gasteiger partial charge in [0, 0.05) is 17.0 Å². The van der Waals surface area contributed by atoms with Crippen molar-refractivity contribution in [2.24, 2.45) is 5.73 Å². The van der Waals surface area contributed by atoms with Crippen molar-refractivity contribution in [3.05, 3.63) is 41.1 Å². The molecule has 4 N–H and O–H groups in total. The van der Waals surface area contributed by atoms with Gasteiger partial charge in [-0.3, -0.25) is 0 Å². The van der Waals surface area contributed by atoms with E-state index in [4.69, 9.17) is 11.1 Å². The highest BCUT2D eigenvalue weighted by molar-refractivity contribution is 6.11. The van der Waals surface area contributed by atoms with Crippen molar-refractivity contribution in [2.75, 3.05) is 11.9 Å². The SMILES string of the molecule is CCC(N)=C1CN(C(=O)Nc2ccccc2C)C(C)(C)C1=N. The number of anilines is 1. The summed E-state index contributed by atoms with van der Waals surface area (Å²) in [5.74, 6) is 0. The first-order valence-electron chi connectivity index (χ1n) is 7.50. The van der Waals surface area contributed by atoms with Crippen molar-refractivity contribution in [1.29, 1.82) is 5.41 Å². The van der Waals surface area contributed by atoms with Crippen LogP contribution in [0, 0.1) is 12.3 Å². The molecule has 118 valence electrons. The average Bonchev–Trinajstić information content (AvgIpc) is 2.72. The van der Waals surface area contributed by atoms with Crippen molar-refractivity contribution in [2.45, 2.75) is 39.7 Å². The number of para-hydroxylation sites is 1. The van der Waals surface area contributed by atoms with Crippen LogP contribution in [0.4, 0.5) is 10.5 Å². The third-order valence-electron chi connectivity index (χ3n) is 4.30. The Kier molecular flexibility index (Phi) is 4.26. The highest BCUT2D eigenvalue weighted by atomic mass is 16.2. The van der Waals surface area contributed by atoms with E-state index in [2.05, 4.69) is 5.32 Å². The molecule has 0 bridgehead atoms. The number of aryl methyl sites for hydroxylation is 1. The number of likely N-dealkylation sites (tertiary alicyclic amines) is 1. The summed E-state index contributed by atoms with van der Waals surface area (Å²) in [6, 6.07) is 7.44. The van der Waals surface area contributed by atoms with Gasteiger partial charge >= 0.3 is 6.03 Å². The molecule has 0 radical (unpaired) electrons. The minimum Gasteiger partial charge on any atom is -0.402 e. The summed E-state index contributed by atoms with van der Waals surface area (Å²) in [6.45, 7) is 8.04. The van der Waals surface area contributed by atoms with Crippen molar-refractivity contribution >= 4 is 17.4 Å². The minimum absolute atomic E-state index is 0.206. The van der Waals surface area contributed by atoms with E-state index in [1.807, 2.05) is 52.0 Å². The molecule has 0 aliphatic carbocycles. The first-order valence-corrected chi connectivity index (χ1v) is 7.50. The first kappa shape index (κ1) is 16.1. The molecule has 1 saturated heterocycles. The third kappa shape index (κ3) is 2.71. The van der Waals surface area contributed by atoms with E-state index in [0.717, 1.165) is 16.8 Å². The predicted molar refractivity (Wildman–Crippen MR) is 90.2 cm³/mol. The van der Waals surface area contributed by atoms with E-state index >= 15 is 0 Å². The van der Waals surface area contributed by atoms with Gasteiger partial charge in [0.2, 0.25) is 0 Å². The van der Waals surface area contributed by atoms with Crippen LogP contribution in [0.3, 0.4) is 0 Å². The lowest BCUT2D eigenvalue weighted by Crippen LogP contribution is -2.48. The number of nitrogens with two attached hydrogens (primary N) is 1. The van der Waals surface area contributed by atoms with Gasteiger partial charge in [-0.2, -0.15) is 0 Å². The number of benzene rings is 1. The highest BCUT2D eigenvalue weighted by Crippen LogP contribution is 2.31. The normalized spacial score (nSPS) is 19.3. The summed E-state index contributed by atoms with van der Waals surface area (Å²) in [5, 5.41) is 11.3. The number of urea groups is 1. The fourth-order valence-electron chi connectivity index (χ4n) is 2.64. The predicted octanol–water partition coefficient (Wildman–Crippen LogP) is 3.26. The number of carbonyl (C=O) groups is 1. The number of hydrogen-bond donors (Lipinski definition) is 3. The standard InChI is InChI=1S/C17H24N4O/c1-5-13(18)12-10-21(17(3,4)15(12)19)16(22)20-14-9-7-6-8-11(14)2/h6-9,19H,5,10,18H2,1-4H3,(H,20,22). The summed E-state index contributed by atoms with van der Waals surface area (Å²) in [5.41, 5.74) is 9.02. The van der Waals surface area contributed by atoms with Crippen LogP contribution in [-0.4, -0.2) is 28.7 Å². The minimum atomic E-state index is -0.665. The number of amides is 2. The Morgan fingerprint density at radius 1 is 1.41 bits per heavy atom. The van der Waals surface area contributed by atoms with E-state index in [9.17, 15) is 4.79 Å². The number of rotatable bonds is 2. The monoisotopic (exact) mass is 300 g/mol. The summed E-state index contributed by atoms with van der Waals surface area (Å²) in [7, 11) is 0. The maximum absolute atomic E-state index is 12.6. The molecule has 1 heterocycles. The average molecular weight is 300 g/mol. The fourth-order valence-corrected chi connectivity index (χ4v) is 2.64. The van der Waals surface area contributed by atoms with Gasteiger partial charge < -0.3 is 21.4 Å². The maximum atomic E-state index is 12.6. The van der Waals surface area contributed by atoms with Gasteiger partial charge in [-0.05, 0) is 38.8 Å². The van der Waals surface area contributed by atoms with Crippen molar-refractivity contribution in [3.63, 3.8) is 0 Å². The molecule has 0 aromatic heterocycles. The smallest absolute Gasteiger partial charge is 0.322 e. The third-order valence-corrected chi connectivity index (χ3v) is 4.30. The van der Waals surface area contributed by atoms with Crippen molar-refractivity contribution < 1.29 is 4.79 Å². The summed E-state index contributed by atoms with van der Waals surface area (Å²) < 4.78 is 0. The zero-order valence-electron chi connectivity index (χ0n) is 13.7. The van der Waals surface area contributed by atoms with Crippen LogP contribution in [0.5, 0.6) is 0 Å². The molecule has 1 aliphatic heterocycles. The number of nitrogens with zero attached hydrogens (tertiary/aromatic N) is 1. The van der Waals surface area contributed by atoms with Gasteiger partial charge in [-0.15, -0.1) is 0 Å². The Hall–Kier alpha value is -2.30. The zero-order valence-corrected chi connectivity index (χ0v) is 13.7. The molecular formula is C17H24N4O. The summed E-state index contributed by atoms with van der Waals surface area (Å²) >= 11 is 0. The van der Waals surface area contributed by atoms with Crippen LogP contribution < -0.4 is 11.1 Å².